The van der Waals surface area contributed by atoms with Gasteiger partial charge in [0.2, 0.25) is 0 Å². The molecule has 0 heterocycles. The van der Waals surface area contributed by atoms with E-state index in [0.29, 0.717) is 17.7 Å². The number of nitrogens with two attached hydrogens (primary N) is 1. The van der Waals surface area contributed by atoms with Crippen molar-refractivity contribution in [3.8, 4) is 0 Å². The topological polar surface area (TPSA) is 101 Å². The average molecular weight is 223 g/mol. The predicted octanol–water partition coefficient (Wildman–Crippen LogP) is 0.913. The van der Waals surface area contributed by atoms with E-state index >= 15 is 0 Å². The molecule has 0 aliphatic heterocycles. The monoisotopic (exact) mass is 223 g/mol. The molecular formula is C11H13NO4. The first-order valence-corrected chi connectivity index (χ1v) is 4.80. The normalized spacial score (nSPS) is 10.0. The third-order valence-corrected chi connectivity index (χ3v) is 2.17. The van der Waals surface area contributed by atoms with Crippen molar-refractivity contribution in [2.45, 2.75) is 19.3 Å². The lowest BCUT2D eigenvalue weighted by Gasteiger charge is -2.06. The van der Waals surface area contributed by atoms with Crippen LogP contribution in [0.3, 0.4) is 0 Å². The molecule has 4 N–H and O–H groups in total. The average Bonchev–Trinajstić information content (AvgIpc) is 2.15. The molecule has 16 heavy (non-hydrogen) atoms. The molecule has 0 aliphatic rings. The number of carboxylic acid groups (broad SMARTS) is 2. The molecule has 86 valence electrons. The molecule has 5 heteroatoms. The molecule has 0 amide bonds. The maximum absolute atomic E-state index is 10.5. The van der Waals surface area contributed by atoms with Gasteiger partial charge in [0.15, 0.2) is 0 Å². The Hall–Kier alpha value is -2.04. The number of aliphatic carboxylic acids is 2. The van der Waals surface area contributed by atoms with Gasteiger partial charge < -0.3 is 15.9 Å². The second-order valence-electron chi connectivity index (χ2n) is 3.50. The van der Waals surface area contributed by atoms with Gasteiger partial charge in [-0.25, -0.2) is 0 Å². The summed E-state index contributed by atoms with van der Waals surface area (Å²) in [5.74, 6) is -1.80. The first-order valence-electron chi connectivity index (χ1n) is 4.80. The van der Waals surface area contributed by atoms with Gasteiger partial charge in [0.1, 0.15) is 0 Å². The van der Waals surface area contributed by atoms with Gasteiger partial charge in [-0.3, -0.25) is 9.59 Å². The number of hydrogen-bond donors (Lipinski definition) is 3. The van der Waals surface area contributed by atoms with Crippen molar-refractivity contribution in [2.24, 2.45) is 0 Å². The van der Waals surface area contributed by atoms with Gasteiger partial charge in [-0.05, 0) is 23.6 Å². The molecule has 5 nitrogen and oxygen atoms in total. The number of carboxylic acids is 2. The number of benzene rings is 1. The fourth-order valence-corrected chi connectivity index (χ4v) is 1.40. The van der Waals surface area contributed by atoms with Gasteiger partial charge >= 0.3 is 11.9 Å². The highest BCUT2D eigenvalue weighted by molar-refractivity contribution is 5.71. The van der Waals surface area contributed by atoms with Crippen molar-refractivity contribution in [2.75, 3.05) is 5.73 Å². The Kier molecular flexibility index (Phi) is 3.88. The van der Waals surface area contributed by atoms with Crippen molar-refractivity contribution in [3.05, 3.63) is 29.3 Å². The Labute approximate surface area is 92.5 Å². The van der Waals surface area contributed by atoms with Gasteiger partial charge in [-0.2, -0.15) is 0 Å². The number of hydrogen-bond acceptors (Lipinski definition) is 3. The third kappa shape index (κ3) is 3.61. The van der Waals surface area contributed by atoms with Gasteiger partial charge in [0.05, 0.1) is 6.42 Å². The van der Waals surface area contributed by atoms with Crippen LogP contribution in [0.1, 0.15) is 17.5 Å². The fraction of sp³-hybridized carbons (Fsp3) is 0.273. The van der Waals surface area contributed by atoms with Crippen LogP contribution in [0.4, 0.5) is 5.69 Å². The molecule has 0 aromatic heterocycles. The molecule has 1 aromatic carbocycles. The minimum absolute atomic E-state index is 0.0163. The van der Waals surface area contributed by atoms with Crippen molar-refractivity contribution < 1.29 is 19.8 Å². The molecule has 1 rings (SSSR count). The zero-order chi connectivity index (χ0) is 12.1. The lowest BCUT2D eigenvalue weighted by molar-refractivity contribution is -0.137. The first-order chi connectivity index (χ1) is 7.49. The highest BCUT2D eigenvalue weighted by atomic mass is 16.4. The molecule has 0 fully saturated rings. The van der Waals surface area contributed by atoms with Crippen LogP contribution >= 0.6 is 0 Å². The summed E-state index contributed by atoms with van der Waals surface area (Å²) in [5.41, 5.74) is 7.49. The van der Waals surface area contributed by atoms with E-state index in [0.717, 1.165) is 5.56 Å². The number of anilines is 1. The quantitative estimate of drug-likeness (QED) is 0.644. The second-order valence-corrected chi connectivity index (χ2v) is 3.50. The van der Waals surface area contributed by atoms with Gasteiger partial charge in [-0.1, -0.05) is 12.1 Å². The van der Waals surface area contributed by atoms with Crippen LogP contribution < -0.4 is 5.73 Å². The summed E-state index contributed by atoms with van der Waals surface area (Å²) < 4.78 is 0. The summed E-state index contributed by atoms with van der Waals surface area (Å²) in [6.45, 7) is 0. The third-order valence-electron chi connectivity index (χ3n) is 2.17. The van der Waals surface area contributed by atoms with Crippen molar-refractivity contribution in [1.82, 2.24) is 0 Å². The van der Waals surface area contributed by atoms with Crippen LogP contribution in [0.25, 0.3) is 0 Å². The molecule has 0 saturated heterocycles. The van der Waals surface area contributed by atoms with E-state index in [2.05, 4.69) is 0 Å². The summed E-state index contributed by atoms with van der Waals surface area (Å²) in [5, 5.41) is 17.1. The van der Waals surface area contributed by atoms with Crippen LogP contribution in [0.5, 0.6) is 0 Å². The van der Waals surface area contributed by atoms with E-state index in [1.807, 2.05) is 0 Å². The Bertz CT molecular complexity index is 414. The Morgan fingerprint density at radius 3 is 2.38 bits per heavy atom. The van der Waals surface area contributed by atoms with Gasteiger partial charge in [0, 0.05) is 12.1 Å². The summed E-state index contributed by atoms with van der Waals surface area (Å²) >= 11 is 0. The van der Waals surface area contributed by atoms with E-state index in [4.69, 9.17) is 15.9 Å². The minimum atomic E-state index is -0.919. The lowest BCUT2D eigenvalue weighted by Crippen LogP contribution is -2.04. The van der Waals surface area contributed by atoms with Crippen molar-refractivity contribution >= 4 is 17.6 Å². The van der Waals surface area contributed by atoms with Crippen molar-refractivity contribution in [1.29, 1.82) is 0 Å². The summed E-state index contributed by atoms with van der Waals surface area (Å²) in [7, 11) is 0. The molecular weight excluding hydrogens is 210 g/mol. The summed E-state index contributed by atoms with van der Waals surface area (Å²) in [6, 6.07) is 4.91. The van der Waals surface area contributed by atoms with E-state index in [1.54, 1.807) is 18.2 Å². The Morgan fingerprint density at radius 2 is 1.88 bits per heavy atom. The largest absolute Gasteiger partial charge is 0.481 e. The predicted molar refractivity (Wildman–Crippen MR) is 58.2 cm³/mol. The van der Waals surface area contributed by atoms with Gasteiger partial charge in [-0.15, -0.1) is 0 Å². The van der Waals surface area contributed by atoms with E-state index in [9.17, 15) is 9.59 Å². The molecule has 0 aliphatic carbocycles. The first kappa shape index (κ1) is 12.0. The number of rotatable bonds is 5. The van der Waals surface area contributed by atoms with Gasteiger partial charge in [0.25, 0.3) is 0 Å². The second kappa shape index (κ2) is 5.16. The lowest BCUT2D eigenvalue weighted by atomic mass is 10.0. The Balaban J connectivity index is 2.75. The summed E-state index contributed by atoms with van der Waals surface area (Å²) in [6.07, 6.45) is 0.292. The van der Waals surface area contributed by atoms with Crippen LogP contribution in [-0.4, -0.2) is 22.2 Å². The number of carbonyl (C=O) groups is 2. The SMILES string of the molecule is Nc1cc(CC(=O)O)ccc1CCC(=O)O. The standard InChI is InChI=1S/C11H13NO4/c12-9-5-7(6-11(15)16)1-2-8(9)3-4-10(13)14/h1-2,5H,3-4,6,12H2,(H,13,14)(H,15,16). The number of aryl methyl sites for hydroxylation is 1. The Morgan fingerprint density at radius 1 is 1.19 bits per heavy atom. The highest BCUT2D eigenvalue weighted by Gasteiger charge is 2.06. The molecule has 0 bridgehead atoms. The fourth-order valence-electron chi connectivity index (χ4n) is 1.40. The van der Waals surface area contributed by atoms with Crippen LogP contribution in [0.15, 0.2) is 18.2 Å². The number of nitrogen functional groups attached to an aromatic ring is 1. The molecule has 0 atom stereocenters. The molecule has 0 saturated carbocycles. The summed E-state index contributed by atoms with van der Waals surface area (Å²) in [4.78, 5) is 20.8. The maximum Gasteiger partial charge on any atom is 0.307 e. The van der Waals surface area contributed by atoms with Crippen LogP contribution in [-0.2, 0) is 22.4 Å². The zero-order valence-electron chi connectivity index (χ0n) is 8.64. The highest BCUT2D eigenvalue weighted by Crippen LogP contribution is 2.16. The molecule has 0 radical (unpaired) electrons. The molecule has 1 aromatic rings. The van der Waals surface area contributed by atoms with E-state index < -0.39 is 11.9 Å². The van der Waals surface area contributed by atoms with Crippen LogP contribution in [0.2, 0.25) is 0 Å². The smallest absolute Gasteiger partial charge is 0.307 e. The maximum atomic E-state index is 10.5. The van der Waals surface area contributed by atoms with Crippen LogP contribution in [0, 0.1) is 0 Å². The van der Waals surface area contributed by atoms with E-state index in [-0.39, 0.29) is 12.8 Å². The zero-order valence-corrected chi connectivity index (χ0v) is 8.64. The molecule has 0 spiro atoms. The van der Waals surface area contributed by atoms with Crippen molar-refractivity contribution in [3.63, 3.8) is 0 Å². The van der Waals surface area contributed by atoms with E-state index in [1.165, 1.54) is 0 Å². The minimum Gasteiger partial charge on any atom is -0.481 e. The molecule has 0 unspecified atom stereocenters.